The Morgan fingerprint density at radius 1 is 1.07 bits per heavy atom. The van der Waals surface area contributed by atoms with Crippen LogP contribution in [0.2, 0.25) is 0 Å². The molecule has 1 aromatic heterocycles. The van der Waals surface area contributed by atoms with Crippen LogP contribution in [0.4, 0.5) is 0 Å². The molecule has 5 nitrogen and oxygen atoms in total. The highest BCUT2D eigenvalue weighted by Crippen LogP contribution is 2.37. The summed E-state index contributed by atoms with van der Waals surface area (Å²) in [6.07, 6.45) is 3.95. The van der Waals surface area contributed by atoms with Crippen molar-refractivity contribution in [3.8, 4) is 5.75 Å². The second-order valence-corrected chi connectivity index (χ2v) is 6.97. The Kier molecular flexibility index (Phi) is 4.13. The molecular formula is C24H18N2O3. The van der Waals surface area contributed by atoms with Crippen molar-refractivity contribution in [2.45, 2.75) is 13.2 Å². The molecule has 0 spiro atoms. The first-order chi connectivity index (χ1) is 14.2. The van der Waals surface area contributed by atoms with Crippen molar-refractivity contribution < 1.29 is 14.6 Å². The predicted molar refractivity (Wildman–Crippen MR) is 111 cm³/mol. The van der Waals surface area contributed by atoms with E-state index in [1.54, 1.807) is 18.2 Å². The lowest BCUT2D eigenvalue weighted by Crippen LogP contribution is -2.00. The van der Waals surface area contributed by atoms with Gasteiger partial charge in [0.1, 0.15) is 12.4 Å². The van der Waals surface area contributed by atoms with Gasteiger partial charge < -0.3 is 14.4 Å². The summed E-state index contributed by atoms with van der Waals surface area (Å²) < 4.78 is 8.08. The topological polar surface area (TPSA) is 64.3 Å². The zero-order valence-corrected chi connectivity index (χ0v) is 15.6. The van der Waals surface area contributed by atoms with E-state index >= 15 is 0 Å². The molecule has 1 aliphatic rings. The molecule has 0 saturated heterocycles. The molecule has 0 amide bonds. The maximum absolute atomic E-state index is 11.5. The SMILES string of the molecule is O=C(O)c1ccc2c(c1)C(=CCn1cnc3ccccc31)c1ccccc1CO2. The first-order valence-electron chi connectivity index (χ1n) is 9.39. The van der Waals surface area contributed by atoms with E-state index in [9.17, 15) is 9.90 Å². The minimum atomic E-state index is -0.953. The Balaban J connectivity index is 1.66. The van der Waals surface area contributed by atoms with Crippen LogP contribution < -0.4 is 4.74 Å². The number of carboxylic acid groups (broad SMARTS) is 1. The van der Waals surface area contributed by atoms with Crippen molar-refractivity contribution in [1.82, 2.24) is 9.55 Å². The van der Waals surface area contributed by atoms with Gasteiger partial charge in [-0.2, -0.15) is 0 Å². The fraction of sp³-hybridized carbons (Fsp3) is 0.0833. The van der Waals surface area contributed by atoms with Crippen LogP contribution in [0.25, 0.3) is 16.6 Å². The fourth-order valence-corrected chi connectivity index (χ4v) is 3.77. The van der Waals surface area contributed by atoms with Gasteiger partial charge in [-0.15, -0.1) is 0 Å². The summed E-state index contributed by atoms with van der Waals surface area (Å²) in [5, 5.41) is 9.46. The van der Waals surface area contributed by atoms with Gasteiger partial charge in [-0.05, 0) is 47.0 Å². The van der Waals surface area contributed by atoms with Gasteiger partial charge in [-0.25, -0.2) is 9.78 Å². The Bertz CT molecular complexity index is 1270. The summed E-state index contributed by atoms with van der Waals surface area (Å²) in [5.74, 6) is -0.266. The van der Waals surface area contributed by atoms with Gasteiger partial charge >= 0.3 is 5.97 Å². The number of aromatic carboxylic acids is 1. The first-order valence-corrected chi connectivity index (χ1v) is 9.39. The van der Waals surface area contributed by atoms with E-state index in [1.165, 1.54) is 0 Å². The van der Waals surface area contributed by atoms with Gasteiger partial charge in [-0.1, -0.05) is 42.5 Å². The van der Waals surface area contributed by atoms with E-state index in [1.807, 2.05) is 48.8 Å². The van der Waals surface area contributed by atoms with E-state index in [2.05, 4.69) is 21.7 Å². The van der Waals surface area contributed by atoms with Crippen LogP contribution in [-0.4, -0.2) is 20.6 Å². The van der Waals surface area contributed by atoms with Crippen LogP contribution in [0.3, 0.4) is 0 Å². The van der Waals surface area contributed by atoms with E-state index in [4.69, 9.17) is 4.74 Å². The molecule has 5 heteroatoms. The third-order valence-electron chi connectivity index (χ3n) is 5.23. The smallest absolute Gasteiger partial charge is 0.335 e. The van der Waals surface area contributed by atoms with Crippen molar-refractivity contribution in [1.29, 1.82) is 0 Å². The highest BCUT2D eigenvalue weighted by atomic mass is 16.5. The van der Waals surface area contributed by atoms with Crippen molar-refractivity contribution >= 4 is 22.6 Å². The van der Waals surface area contributed by atoms with Crippen molar-refractivity contribution in [3.63, 3.8) is 0 Å². The van der Waals surface area contributed by atoms with Crippen LogP contribution in [0.15, 0.2) is 79.1 Å². The molecule has 0 unspecified atom stereocenters. The highest BCUT2D eigenvalue weighted by Gasteiger charge is 2.20. The zero-order chi connectivity index (χ0) is 19.8. The average molecular weight is 382 g/mol. The van der Waals surface area contributed by atoms with Crippen molar-refractivity contribution in [3.05, 3.63) is 101 Å². The molecule has 1 aliphatic heterocycles. The number of aromatic nitrogens is 2. The van der Waals surface area contributed by atoms with Gasteiger partial charge in [0.25, 0.3) is 0 Å². The highest BCUT2D eigenvalue weighted by molar-refractivity contribution is 5.92. The number of fused-ring (bicyclic) bond motifs is 3. The number of imidazole rings is 1. The molecule has 0 radical (unpaired) electrons. The quantitative estimate of drug-likeness (QED) is 0.555. The Hall–Kier alpha value is -3.86. The summed E-state index contributed by atoms with van der Waals surface area (Å²) in [6.45, 7) is 1.06. The number of carbonyl (C=O) groups is 1. The lowest BCUT2D eigenvalue weighted by atomic mass is 9.93. The predicted octanol–water partition coefficient (Wildman–Crippen LogP) is 4.76. The maximum atomic E-state index is 11.5. The van der Waals surface area contributed by atoms with Crippen molar-refractivity contribution in [2.24, 2.45) is 0 Å². The van der Waals surface area contributed by atoms with Gasteiger partial charge in [0, 0.05) is 12.1 Å². The van der Waals surface area contributed by atoms with Crippen LogP contribution >= 0.6 is 0 Å². The fourth-order valence-electron chi connectivity index (χ4n) is 3.77. The molecule has 4 aromatic rings. The number of allylic oxidation sites excluding steroid dienone is 1. The largest absolute Gasteiger partial charge is 0.488 e. The van der Waals surface area contributed by atoms with E-state index in [0.29, 0.717) is 18.9 Å². The van der Waals surface area contributed by atoms with Gasteiger partial charge in [0.2, 0.25) is 0 Å². The molecule has 1 N–H and O–H groups in total. The molecule has 2 heterocycles. The van der Waals surface area contributed by atoms with Gasteiger partial charge in [0.05, 0.1) is 22.9 Å². The second kappa shape index (κ2) is 6.95. The Morgan fingerprint density at radius 2 is 1.90 bits per heavy atom. The van der Waals surface area contributed by atoms with E-state index < -0.39 is 5.97 Å². The van der Waals surface area contributed by atoms with Crippen LogP contribution in [0.1, 0.15) is 27.0 Å². The molecule has 3 aromatic carbocycles. The standard InChI is InChI=1S/C24H18N2O3/c27-24(28)16-9-10-23-20(13-16)19(18-6-2-1-5-17(18)14-29-23)11-12-26-15-25-21-7-3-4-8-22(21)26/h1-11,13,15H,12,14H2,(H,27,28). The molecule has 0 atom stereocenters. The summed E-state index contributed by atoms with van der Waals surface area (Å²) in [5.41, 5.74) is 6.13. The maximum Gasteiger partial charge on any atom is 0.335 e. The number of carboxylic acids is 1. The van der Waals surface area contributed by atoms with E-state index in [-0.39, 0.29) is 5.56 Å². The number of hydrogen-bond donors (Lipinski definition) is 1. The summed E-state index contributed by atoms with van der Waals surface area (Å²) in [7, 11) is 0. The van der Waals surface area contributed by atoms with E-state index in [0.717, 1.165) is 33.3 Å². The number of benzene rings is 3. The molecule has 0 saturated carbocycles. The summed E-state index contributed by atoms with van der Waals surface area (Å²) >= 11 is 0. The monoisotopic (exact) mass is 382 g/mol. The number of rotatable bonds is 3. The van der Waals surface area contributed by atoms with Crippen LogP contribution in [-0.2, 0) is 13.2 Å². The second-order valence-electron chi connectivity index (χ2n) is 6.97. The molecule has 0 bridgehead atoms. The minimum absolute atomic E-state index is 0.241. The van der Waals surface area contributed by atoms with Gasteiger partial charge in [-0.3, -0.25) is 0 Å². The minimum Gasteiger partial charge on any atom is -0.488 e. The molecule has 5 rings (SSSR count). The normalized spacial score (nSPS) is 14.1. The van der Waals surface area contributed by atoms with Crippen molar-refractivity contribution in [2.75, 3.05) is 0 Å². The Labute approximate surface area is 167 Å². The molecule has 0 aliphatic carbocycles. The number of hydrogen-bond acceptors (Lipinski definition) is 3. The summed E-state index contributed by atoms with van der Waals surface area (Å²) in [6, 6.07) is 21.1. The third-order valence-corrected chi connectivity index (χ3v) is 5.23. The van der Waals surface area contributed by atoms with Crippen LogP contribution in [0.5, 0.6) is 5.75 Å². The molecule has 0 fully saturated rings. The average Bonchev–Trinajstić information content (AvgIpc) is 3.09. The number of ether oxygens (including phenoxy) is 1. The molecular weight excluding hydrogens is 364 g/mol. The Morgan fingerprint density at radius 3 is 2.79 bits per heavy atom. The first kappa shape index (κ1) is 17.3. The summed E-state index contributed by atoms with van der Waals surface area (Å²) in [4.78, 5) is 16.0. The number of para-hydroxylation sites is 2. The zero-order valence-electron chi connectivity index (χ0n) is 15.6. The number of nitrogens with zero attached hydrogens (tertiary/aromatic N) is 2. The van der Waals surface area contributed by atoms with Crippen LogP contribution in [0, 0.1) is 0 Å². The van der Waals surface area contributed by atoms with Gasteiger partial charge in [0.15, 0.2) is 0 Å². The third kappa shape index (κ3) is 3.06. The lowest BCUT2D eigenvalue weighted by Gasteiger charge is -2.12. The molecule has 142 valence electrons. The molecule has 29 heavy (non-hydrogen) atoms. The lowest BCUT2D eigenvalue weighted by molar-refractivity contribution is 0.0697.